The van der Waals surface area contributed by atoms with Crippen molar-refractivity contribution in [1.29, 1.82) is 0 Å². The Hall–Kier alpha value is -1.98. The van der Waals surface area contributed by atoms with Gasteiger partial charge in [-0.25, -0.2) is 0 Å². The van der Waals surface area contributed by atoms with Crippen LogP contribution in [0.1, 0.15) is 12.5 Å². The van der Waals surface area contributed by atoms with Crippen molar-refractivity contribution in [2.75, 3.05) is 13.7 Å². The molecule has 1 saturated heterocycles. The Bertz CT molecular complexity index is 538. The molecule has 20 heavy (non-hydrogen) atoms. The number of benzene rings is 1. The number of hydrogen-bond acceptors (Lipinski definition) is 5. The van der Waals surface area contributed by atoms with Gasteiger partial charge in [-0.3, -0.25) is 10.3 Å². The molecule has 0 spiro atoms. The van der Waals surface area contributed by atoms with Crippen molar-refractivity contribution < 1.29 is 4.84 Å². The standard InChI is InChI=1S/C15H20N4O/c1-11-14-13(18-19(11)20-2)8-9-16-15(14)17-10-12-6-4-3-5-7-12/h3-8,11,16-18H,9-10H2,1-2H3. The van der Waals surface area contributed by atoms with Crippen LogP contribution >= 0.6 is 0 Å². The Balaban J connectivity index is 1.78. The summed E-state index contributed by atoms with van der Waals surface area (Å²) >= 11 is 0. The molecule has 0 radical (unpaired) electrons. The highest BCUT2D eigenvalue weighted by Gasteiger charge is 2.33. The number of nitrogens with zero attached hydrogens (tertiary/aromatic N) is 1. The average Bonchev–Trinajstić information content (AvgIpc) is 2.83. The molecule has 1 unspecified atom stereocenters. The minimum Gasteiger partial charge on any atom is -0.368 e. The van der Waals surface area contributed by atoms with E-state index in [4.69, 9.17) is 4.84 Å². The van der Waals surface area contributed by atoms with E-state index < -0.39 is 0 Å². The van der Waals surface area contributed by atoms with E-state index in [2.05, 4.69) is 53.3 Å². The molecule has 0 aromatic heterocycles. The smallest absolute Gasteiger partial charge is 0.106 e. The van der Waals surface area contributed by atoms with E-state index in [9.17, 15) is 0 Å². The molecule has 5 heteroatoms. The van der Waals surface area contributed by atoms with E-state index in [0.29, 0.717) is 0 Å². The summed E-state index contributed by atoms with van der Waals surface area (Å²) in [4.78, 5) is 5.32. The second-order valence-corrected chi connectivity index (χ2v) is 4.92. The van der Waals surface area contributed by atoms with Crippen LogP contribution in [0.15, 0.2) is 53.5 Å². The highest BCUT2D eigenvalue weighted by molar-refractivity contribution is 5.42. The Morgan fingerprint density at radius 2 is 2.15 bits per heavy atom. The van der Waals surface area contributed by atoms with Crippen LogP contribution in [-0.4, -0.2) is 24.9 Å². The molecule has 1 aromatic carbocycles. The molecule has 3 N–H and O–H groups in total. The van der Waals surface area contributed by atoms with Crippen LogP contribution in [0.5, 0.6) is 0 Å². The highest BCUT2D eigenvalue weighted by atomic mass is 16.7. The third kappa shape index (κ3) is 2.37. The SMILES string of the molecule is CON1NC2=CCNC(NCc3ccccc3)=C2C1C. The summed E-state index contributed by atoms with van der Waals surface area (Å²) in [5.41, 5.74) is 6.86. The lowest BCUT2D eigenvalue weighted by molar-refractivity contribution is -0.166. The number of hydroxylamine groups is 1. The van der Waals surface area contributed by atoms with Crippen molar-refractivity contribution >= 4 is 0 Å². The summed E-state index contributed by atoms with van der Waals surface area (Å²) in [6.07, 6.45) is 2.14. The summed E-state index contributed by atoms with van der Waals surface area (Å²) in [5, 5.41) is 8.66. The van der Waals surface area contributed by atoms with E-state index in [1.165, 1.54) is 11.1 Å². The number of hydrazine groups is 1. The van der Waals surface area contributed by atoms with E-state index >= 15 is 0 Å². The fourth-order valence-electron chi connectivity index (χ4n) is 2.62. The van der Waals surface area contributed by atoms with Gasteiger partial charge in [-0.1, -0.05) is 35.5 Å². The molecule has 3 rings (SSSR count). The average molecular weight is 272 g/mol. The third-order valence-corrected chi connectivity index (χ3v) is 3.65. The second kappa shape index (κ2) is 5.56. The first-order valence-corrected chi connectivity index (χ1v) is 6.86. The van der Waals surface area contributed by atoms with Crippen LogP contribution in [0.2, 0.25) is 0 Å². The molecule has 2 aliphatic rings. The minimum atomic E-state index is 0.164. The van der Waals surface area contributed by atoms with Gasteiger partial charge < -0.3 is 10.6 Å². The Labute approximate surface area is 119 Å². The predicted octanol–water partition coefficient (Wildman–Crippen LogP) is 1.24. The molecule has 2 heterocycles. The van der Waals surface area contributed by atoms with Gasteiger partial charge in [0.15, 0.2) is 0 Å². The molecule has 2 aliphatic heterocycles. The maximum atomic E-state index is 5.32. The molecule has 5 nitrogen and oxygen atoms in total. The molecule has 1 fully saturated rings. The van der Waals surface area contributed by atoms with Crippen molar-refractivity contribution in [2.45, 2.75) is 19.5 Å². The topological polar surface area (TPSA) is 48.6 Å². The quantitative estimate of drug-likeness (QED) is 0.770. The zero-order chi connectivity index (χ0) is 13.9. The molecule has 106 valence electrons. The first-order valence-electron chi connectivity index (χ1n) is 6.86. The molecule has 0 bridgehead atoms. The van der Waals surface area contributed by atoms with Crippen molar-refractivity contribution in [2.24, 2.45) is 0 Å². The maximum Gasteiger partial charge on any atom is 0.106 e. The van der Waals surface area contributed by atoms with Gasteiger partial charge in [-0.05, 0) is 18.6 Å². The van der Waals surface area contributed by atoms with Gasteiger partial charge in [0.25, 0.3) is 0 Å². The van der Waals surface area contributed by atoms with E-state index in [0.717, 1.165) is 24.6 Å². The fourth-order valence-corrected chi connectivity index (χ4v) is 2.62. The summed E-state index contributed by atoms with van der Waals surface area (Å²) in [7, 11) is 1.67. The number of dihydropyridines is 1. The maximum absolute atomic E-state index is 5.32. The van der Waals surface area contributed by atoms with E-state index in [1.54, 1.807) is 12.3 Å². The van der Waals surface area contributed by atoms with Crippen molar-refractivity contribution in [3.63, 3.8) is 0 Å². The number of nitrogens with one attached hydrogen (secondary N) is 3. The Morgan fingerprint density at radius 3 is 2.90 bits per heavy atom. The zero-order valence-corrected chi connectivity index (χ0v) is 11.8. The molecule has 0 amide bonds. The first-order chi connectivity index (χ1) is 9.79. The molecular weight excluding hydrogens is 252 g/mol. The van der Waals surface area contributed by atoms with E-state index in [1.807, 2.05) is 6.07 Å². The van der Waals surface area contributed by atoms with Gasteiger partial charge in [0.05, 0.1) is 18.8 Å². The second-order valence-electron chi connectivity index (χ2n) is 4.92. The highest BCUT2D eigenvalue weighted by Crippen LogP contribution is 2.27. The number of fused-ring (bicyclic) bond motifs is 1. The van der Waals surface area contributed by atoms with Crippen LogP contribution < -0.4 is 16.1 Å². The third-order valence-electron chi connectivity index (χ3n) is 3.65. The molecule has 1 aromatic rings. The fraction of sp³-hybridized carbons (Fsp3) is 0.333. The molecule has 0 aliphatic carbocycles. The summed E-state index contributed by atoms with van der Waals surface area (Å²) in [6, 6.07) is 10.6. The Morgan fingerprint density at radius 1 is 1.35 bits per heavy atom. The lowest BCUT2D eigenvalue weighted by Crippen LogP contribution is -2.35. The number of rotatable bonds is 4. The van der Waals surface area contributed by atoms with Gasteiger partial charge in [0.1, 0.15) is 5.82 Å². The normalized spacial score (nSPS) is 21.9. The van der Waals surface area contributed by atoms with Crippen molar-refractivity contribution in [3.8, 4) is 0 Å². The van der Waals surface area contributed by atoms with Crippen LogP contribution in [-0.2, 0) is 11.4 Å². The molecular formula is C15H20N4O. The molecule has 1 atom stereocenters. The van der Waals surface area contributed by atoms with Crippen molar-refractivity contribution in [3.05, 3.63) is 59.1 Å². The lowest BCUT2D eigenvalue weighted by Gasteiger charge is -2.21. The monoisotopic (exact) mass is 272 g/mol. The minimum absolute atomic E-state index is 0.164. The van der Waals surface area contributed by atoms with Crippen LogP contribution in [0.3, 0.4) is 0 Å². The number of hydrogen-bond donors (Lipinski definition) is 3. The van der Waals surface area contributed by atoms with Crippen LogP contribution in [0, 0.1) is 0 Å². The summed E-state index contributed by atoms with van der Waals surface area (Å²) in [6.45, 7) is 3.73. The van der Waals surface area contributed by atoms with Gasteiger partial charge in [0, 0.05) is 18.7 Å². The van der Waals surface area contributed by atoms with Gasteiger partial charge in [-0.15, -0.1) is 0 Å². The Kier molecular flexibility index (Phi) is 3.62. The van der Waals surface area contributed by atoms with Crippen LogP contribution in [0.25, 0.3) is 0 Å². The van der Waals surface area contributed by atoms with Gasteiger partial charge in [-0.2, -0.15) is 0 Å². The molecule has 0 saturated carbocycles. The zero-order valence-electron chi connectivity index (χ0n) is 11.8. The van der Waals surface area contributed by atoms with Gasteiger partial charge >= 0.3 is 0 Å². The summed E-state index contributed by atoms with van der Waals surface area (Å²) in [5.74, 6) is 1.07. The lowest BCUT2D eigenvalue weighted by atomic mass is 10.1. The largest absolute Gasteiger partial charge is 0.368 e. The van der Waals surface area contributed by atoms with Crippen LogP contribution in [0.4, 0.5) is 0 Å². The predicted molar refractivity (Wildman–Crippen MR) is 77.8 cm³/mol. The summed E-state index contributed by atoms with van der Waals surface area (Å²) < 4.78 is 0. The van der Waals surface area contributed by atoms with Gasteiger partial charge in [0.2, 0.25) is 0 Å². The van der Waals surface area contributed by atoms with Crippen molar-refractivity contribution in [1.82, 2.24) is 21.2 Å². The first kappa shape index (κ1) is 13.0. The van der Waals surface area contributed by atoms with E-state index in [-0.39, 0.29) is 6.04 Å².